The molecule has 1 aromatic heterocycles. The van der Waals surface area contributed by atoms with Crippen LogP contribution < -0.4 is 25.5 Å². The van der Waals surface area contributed by atoms with Crippen molar-refractivity contribution in [1.29, 1.82) is 5.26 Å². The van der Waals surface area contributed by atoms with Crippen molar-refractivity contribution in [3.05, 3.63) is 62.9 Å². The van der Waals surface area contributed by atoms with Gasteiger partial charge in [0.25, 0.3) is 5.56 Å². The van der Waals surface area contributed by atoms with Crippen LogP contribution in [0.3, 0.4) is 0 Å². The van der Waals surface area contributed by atoms with Crippen molar-refractivity contribution in [2.75, 3.05) is 14.2 Å². The summed E-state index contributed by atoms with van der Waals surface area (Å²) in [5.41, 5.74) is 7.93. The average Bonchev–Trinajstić information content (AvgIpc) is 2.69. The minimum Gasteiger partial charge on any atom is -0.493 e. The fourth-order valence-electron chi connectivity index (χ4n) is 3.64. The highest BCUT2D eigenvalue weighted by atomic mass is 16.5. The number of aryl methyl sites for hydroxylation is 1. The summed E-state index contributed by atoms with van der Waals surface area (Å²) in [5.74, 6) is 1.06. The van der Waals surface area contributed by atoms with E-state index in [9.17, 15) is 10.1 Å². The maximum atomic E-state index is 13.5. The summed E-state index contributed by atoms with van der Waals surface area (Å²) >= 11 is 0. The predicted molar refractivity (Wildman–Crippen MR) is 109 cm³/mol. The van der Waals surface area contributed by atoms with E-state index in [-0.39, 0.29) is 22.9 Å². The van der Waals surface area contributed by atoms with Crippen molar-refractivity contribution in [3.8, 4) is 23.3 Å². The van der Waals surface area contributed by atoms with Crippen molar-refractivity contribution in [2.24, 2.45) is 11.7 Å². The van der Waals surface area contributed by atoms with Crippen LogP contribution >= 0.6 is 0 Å². The fourth-order valence-corrected chi connectivity index (χ4v) is 3.64. The van der Waals surface area contributed by atoms with E-state index in [0.717, 1.165) is 5.69 Å². The third kappa shape index (κ3) is 3.54. The summed E-state index contributed by atoms with van der Waals surface area (Å²) in [4.78, 5) is 13.5. The summed E-state index contributed by atoms with van der Waals surface area (Å²) in [7, 11) is 3.08. The zero-order chi connectivity index (χ0) is 21.3. The Morgan fingerprint density at radius 2 is 1.93 bits per heavy atom. The molecule has 1 aliphatic rings. The van der Waals surface area contributed by atoms with Crippen LogP contribution in [0.25, 0.3) is 0 Å². The highest BCUT2D eigenvalue weighted by Gasteiger charge is 2.34. The number of pyridine rings is 1. The van der Waals surface area contributed by atoms with Gasteiger partial charge in [-0.05, 0) is 30.5 Å². The number of ether oxygens (including phenoxy) is 3. The lowest BCUT2D eigenvalue weighted by Gasteiger charge is -2.28. The van der Waals surface area contributed by atoms with Crippen LogP contribution in [0.4, 0.5) is 0 Å². The zero-order valence-corrected chi connectivity index (χ0v) is 17.3. The van der Waals surface area contributed by atoms with E-state index in [4.69, 9.17) is 19.9 Å². The maximum Gasteiger partial charge on any atom is 0.258 e. The number of hydrogen-bond donors (Lipinski definition) is 1. The van der Waals surface area contributed by atoms with Crippen molar-refractivity contribution in [3.63, 3.8) is 0 Å². The lowest BCUT2D eigenvalue weighted by Crippen LogP contribution is -2.33. The van der Waals surface area contributed by atoms with E-state index in [1.807, 2.05) is 20.8 Å². The molecule has 2 heterocycles. The van der Waals surface area contributed by atoms with Gasteiger partial charge in [-0.1, -0.05) is 19.9 Å². The molecule has 0 bridgehead atoms. The molecule has 0 spiro atoms. The van der Waals surface area contributed by atoms with E-state index in [1.54, 1.807) is 35.9 Å². The van der Waals surface area contributed by atoms with Gasteiger partial charge in [-0.2, -0.15) is 5.26 Å². The minimum absolute atomic E-state index is 0.000180. The maximum absolute atomic E-state index is 13.5. The largest absolute Gasteiger partial charge is 0.493 e. The first-order chi connectivity index (χ1) is 13.8. The number of nitrogens with zero attached hydrogens (tertiary/aromatic N) is 2. The van der Waals surface area contributed by atoms with Gasteiger partial charge in [0.2, 0.25) is 5.88 Å². The van der Waals surface area contributed by atoms with Crippen LogP contribution in [-0.2, 0) is 6.54 Å². The number of methoxy groups -OCH3 is 2. The number of benzene rings is 1. The summed E-state index contributed by atoms with van der Waals surface area (Å²) < 4.78 is 18.1. The van der Waals surface area contributed by atoms with Crippen LogP contribution in [0.2, 0.25) is 0 Å². The molecule has 3 rings (SSSR count). The molecule has 0 fully saturated rings. The van der Waals surface area contributed by atoms with Gasteiger partial charge in [0.15, 0.2) is 11.5 Å². The average molecular weight is 395 g/mol. The van der Waals surface area contributed by atoms with E-state index in [1.165, 1.54) is 7.11 Å². The molecule has 0 amide bonds. The SMILES string of the molecule is COc1ccc([C@H]2C(C#N)=C(N)Oc3cc(C)n(CC(C)C)c(=O)c32)cc1OC. The van der Waals surface area contributed by atoms with E-state index >= 15 is 0 Å². The molecule has 7 heteroatoms. The van der Waals surface area contributed by atoms with Crippen LogP contribution in [0.1, 0.15) is 36.6 Å². The molecule has 1 aromatic carbocycles. The number of rotatable bonds is 5. The Labute approximate surface area is 169 Å². The molecule has 0 saturated carbocycles. The number of allylic oxidation sites excluding steroid dienone is 1. The smallest absolute Gasteiger partial charge is 0.258 e. The quantitative estimate of drug-likeness (QED) is 0.835. The highest BCUT2D eigenvalue weighted by Crippen LogP contribution is 2.42. The summed E-state index contributed by atoms with van der Waals surface area (Å²) in [6, 6.07) is 9.23. The molecule has 2 N–H and O–H groups in total. The lowest BCUT2D eigenvalue weighted by atomic mass is 9.83. The van der Waals surface area contributed by atoms with Gasteiger partial charge in [0.05, 0.1) is 25.7 Å². The third-order valence-electron chi connectivity index (χ3n) is 4.98. The second kappa shape index (κ2) is 7.92. The van der Waals surface area contributed by atoms with Gasteiger partial charge < -0.3 is 24.5 Å². The molecule has 0 aliphatic carbocycles. The van der Waals surface area contributed by atoms with Crippen LogP contribution in [0.15, 0.2) is 40.5 Å². The normalized spacial score (nSPS) is 15.6. The molecule has 0 unspecified atom stereocenters. The molecule has 1 atom stereocenters. The fraction of sp³-hybridized carbons (Fsp3) is 0.364. The Hall–Kier alpha value is -3.40. The Kier molecular flexibility index (Phi) is 5.55. The van der Waals surface area contributed by atoms with E-state index < -0.39 is 5.92 Å². The minimum atomic E-state index is -0.657. The van der Waals surface area contributed by atoms with Gasteiger partial charge in [-0.15, -0.1) is 0 Å². The lowest BCUT2D eigenvalue weighted by molar-refractivity contribution is 0.354. The van der Waals surface area contributed by atoms with E-state index in [0.29, 0.717) is 34.9 Å². The number of nitrogens with two attached hydrogens (primary N) is 1. The molecular weight excluding hydrogens is 370 g/mol. The Morgan fingerprint density at radius 1 is 1.24 bits per heavy atom. The molecule has 2 aromatic rings. The van der Waals surface area contributed by atoms with Crippen LogP contribution in [0.5, 0.6) is 17.2 Å². The second-order valence-corrected chi connectivity index (χ2v) is 7.41. The van der Waals surface area contributed by atoms with Gasteiger partial charge in [-0.3, -0.25) is 4.79 Å². The van der Waals surface area contributed by atoms with Gasteiger partial charge in [-0.25, -0.2) is 0 Å². The van der Waals surface area contributed by atoms with Crippen molar-refractivity contribution in [1.82, 2.24) is 4.57 Å². The third-order valence-corrected chi connectivity index (χ3v) is 4.98. The van der Waals surface area contributed by atoms with Gasteiger partial charge in [0, 0.05) is 18.3 Å². The molecule has 7 nitrogen and oxygen atoms in total. The second-order valence-electron chi connectivity index (χ2n) is 7.41. The zero-order valence-electron chi connectivity index (χ0n) is 17.3. The van der Waals surface area contributed by atoms with Crippen LogP contribution in [-0.4, -0.2) is 18.8 Å². The summed E-state index contributed by atoms with van der Waals surface area (Å²) in [5, 5.41) is 9.77. The number of aromatic nitrogens is 1. The van der Waals surface area contributed by atoms with Crippen molar-refractivity contribution in [2.45, 2.75) is 33.2 Å². The standard InChI is InChI=1S/C22H25N3O4/c1-12(2)11-25-13(3)8-18-20(22(25)26)19(15(10-23)21(24)29-18)14-6-7-16(27-4)17(9-14)28-5/h6-9,12,19H,11,24H2,1-5H3/t19-/m0/s1. The number of fused-ring (bicyclic) bond motifs is 1. The van der Waals surface area contributed by atoms with Crippen molar-refractivity contribution < 1.29 is 14.2 Å². The molecule has 29 heavy (non-hydrogen) atoms. The first-order valence-electron chi connectivity index (χ1n) is 9.36. The molecule has 0 radical (unpaired) electrons. The van der Waals surface area contributed by atoms with Crippen molar-refractivity contribution >= 4 is 0 Å². The Bertz CT molecular complexity index is 1080. The first-order valence-corrected chi connectivity index (χ1v) is 9.36. The summed E-state index contributed by atoms with van der Waals surface area (Å²) in [6.45, 7) is 6.52. The monoisotopic (exact) mass is 395 g/mol. The highest BCUT2D eigenvalue weighted by molar-refractivity contribution is 5.57. The summed E-state index contributed by atoms with van der Waals surface area (Å²) in [6.07, 6.45) is 0. The predicted octanol–water partition coefficient (Wildman–Crippen LogP) is 3.05. The Morgan fingerprint density at radius 3 is 2.52 bits per heavy atom. The molecule has 1 aliphatic heterocycles. The van der Waals surface area contributed by atoms with Gasteiger partial charge in [0.1, 0.15) is 17.4 Å². The first kappa shape index (κ1) is 20.3. The molecule has 152 valence electrons. The Balaban J connectivity index is 2.30. The number of nitriles is 1. The molecular formula is C22H25N3O4. The topological polar surface area (TPSA) is 99.5 Å². The molecule has 0 saturated heterocycles. The van der Waals surface area contributed by atoms with Gasteiger partial charge >= 0.3 is 0 Å². The van der Waals surface area contributed by atoms with E-state index in [2.05, 4.69) is 6.07 Å². The number of hydrogen-bond acceptors (Lipinski definition) is 6. The van der Waals surface area contributed by atoms with Crippen LogP contribution in [0, 0.1) is 24.2 Å².